The number of hydrogen-bond donors (Lipinski definition) is 2. The largest absolute Gasteiger partial charge is 1.00 e. The van der Waals surface area contributed by atoms with Crippen molar-refractivity contribution >= 4 is 23.5 Å². The SMILES string of the molecule is C1C[NH2+]CCSCCCSCC[NH2+]C1.[Cl-].[Cl-]. The van der Waals surface area contributed by atoms with Gasteiger partial charge in [-0.1, -0.05) is 0 Å². The quantitative estimate of drug-likeness (QED) is 0.467. The number of thioether (sulfide) groups is 2. The minimum Gasteiger partial charge on any atom is -1.00 e. The first-order valence-corrected chi connectivity index (χ1v) is 8.10. The van der Waals surface area contributed by atoms with Gasteiger partial charge < -0.3 is 35.4 Å². The van der Waals surface area contributed by atoms with Crippen LogP contribution >= 0.6 is 23.5 Å². The summed E-state index contributed by atoms with van der Waals surface area (Å²) in [6, 6.07) is 0. The maximum Gasteiger partial charge on any atom is 0.0847 e. The lowest BCUT2D eigenvalue weighted by molar-refractivity contribution is -0.676. The van der Waals surface area contributed by atoms with Crippen molar-refractivity contribution in [2.45, 2.75) is 12.8 Å². The molecule has 0 spiro atoms. The molecule has 0 bridgehead atoms. The molecule has 0 aromatic heterocycles. The Morgan fingerprint density at radius 3 is 1.56 bits per heavy atom. The third-order valence-electron chi connectivity index (χ3n) is 2.33. The molecule has 0 aliphatic carbocycles. The maximum atomic E-state index is 2.47. The molecule has 100 valence electrons. The smallest absolute Gasteiger partial charge is 0.0847 e. The highest BCUT2D eigenvalue weighted by atomic mass is 35.5. The fourth-order valence-electron chi connectivity index (χ4n) is 1.50. The van der Waals surface area contributed by atoms with Crippen LogP contribution in [-0.4, -0.2) is 49.2 Å². The van der Waals surface area contributed by atoms with Crippen LogP contribution in [0.1, 0.15) is 12.8 Å². The second-order valence-corrected chi connectivity index (χ2v) is 6.11. The highest BCUT2D eigenvalue weighted by Crippen LogP contribution is 2.06. The standard InChI is InChI=1S/C10H22N2S2.2ClH/c1-3-11-5-9-13-7-2-8-14-10-6-12-4-1;;/h11-12H,1-10H2;2*1H. The van der Waals surface area contributed by atoms with Gasteiger partial charge in [-0.3, -0.25) is 0 Å². The zero-order valence-electron chi connectivity index (χ0n) is 9.80. The molecule has 4 N–H and O–H groups in total. The van der Waals surface area contributed by atoms with Gasteiger partial charge in [-0.05, 0) is 17.9 Å². The Labute approximate surface area is 121 Å². The van der Waals surface area contributed by atoms with Gasteiger partial charge in [0.2, 0.25) is 0 Å². The molecule has 1 heterocycles. The summed E-state index contributed by atoms with van der Waals surface area (Å²) >= 11 is 4.25. The van der Waals surface area contributed by atoms with Crippen LogP contribution in [0.2, 0.25) is 0 Å². The van der Waals surface area contributed by atoms with E-state index >= 15 is 0 Å². The van der Waals surface area contributed by atoms with Crippen LogP contribution in [0.3, 0.4) is 0 Å². The third-order valence-corrected chi connectivity index (χ3v) is 4.53. The number of rotatable bonds is 0. The normalized spacial score (nSPS) is 21.0. The Morgan fingerprint density at radius 2 is 1.06 bits per heavy atom. The van der Waals surface area contributed by atoms with E-state index in [0.717, 1.165) is 0 Å². The predicted octanol–water partition coefficient (Wildman–Crippen LogP) is -6.62. The van der Waals surface area contributed by atoms with Crippen LogP contribution in [-0.2, 0) is 0 Å². The molecule has 0 atom stereocenters. The van der Waals surface area contributed by atoms with Crippen LogP contribution in [0.15, 0.2) is 0 Å². The fraction of sp³-hybridized carbons (Fsp3) is 1.00. The Morgan fingerprint density at radius 1 is 0.562 bits per heavy atom. The summed E-state index contributed by atoms with van der Waals surface area (Å²) in [6.45, 7) is 5.28. The number of hydrogen-bond acceptors (Lipinski definition) is 2. The molecule has 1 aliphatic rings. The fourth-order valence-corrected chi connectivity index (χ4v) is 3.45. The third kappa shape index (κ3) is 13.3. The van der Waals surface area contributed by atoms with Gasteiger partial charge in [0.15, 0.2) is 0 Å². The van der Waals surface area contributed by atoms with E-state index in [2.05, 4.69) is 34.2 Å². The van der Waals surface area contributed by atoms with Crippen molar-refractivity contribution in [2.75, 3.05) is 49.2 Å². The van der Waals surface area contributed by atoms with Crippen molar-refractivity contribution in [1.82, 2.24) is 0 Å². The number of quaternary nitrogens is 2. The van der Waals surface area contributed by atoms with Crippen molar-refractivity contribution in [3.05, 3.63) is 0 Å². The van der Waals surface area contributed by atoms with E-state index in [1.807, 2.05) is 0 Å². The predicted molar refractivity (Wildman–Crippen MR) is 67.2 cm³/mol. The molecular weight excluding hydrogens is 283 g/mol. The van der Waals surface area contributed by atoms with Gasteiger partial charge >= 0.3 is 0 Å². The van der Waals surface area contributed by atoms with Crippen molar-refractivity contribution < 1.29 is 35.4 Å². The topological polar surface area (TPSA) is 33.2 Å². The van der Waals surface area contributed by atoms with Gasteiger partial charge in [0, 0.05) is 17.9 Å². The van der Waals surface area contributed by atoms with E-state index in [1.165, 1.54) is 62.0 Å². The van der Waals surface area contributed by atoms with Crippen LogP contribution in [0.25, 0.3) is 0 Å². The first kappa shape index (κ1) is 19.5. The second-order valence-electron chi connectivity index (χ2n) is 3.66. The van der Waals surface area contributed by atoms with Crippen molar-refractivity contribution in [3.63, 3.8) is 0 Å². The highest BCUT2D eigenvalue weighted by molar-refractivity contribution is 8.00. The molecule has 0 saturated carbocycles. The summed E-state index contributed by atoms with van der Waals surface area (Å²) in [5, 5.41) is 4.95. The van der Waals surface area contributed by atoms with Crippen LogP contribution in [0, 0.1) is 0 Å². The summed E-state index contributed by atoms with van der Waals surface area (Å²) < 4.78 is 0. The minimum atomic E-state index is 0. The van der Waals surface area contributed by atoms with E-state index in [-0.39, 0.29) is 24.8 Å². The molecule has 2 nitrogen and oxygen atoms in total. The lowest BCUT2D eigenvalue weighted by Crippen LogP contribution is -3.00. The first-order valence-electron chi connectivity index (χ1n) is 5.79. The Kier molecular flexibility index (Phi) is 19.8. The number of halogens is 2. The van der Waals surface area contributed by atoms with Gasteiger partial charge in [0.1, 0.15) is 0 Å². The average Bonchev–Trinajstić information content (AvgIpc) is 2.22. The molecule has 1 aliphatic heterocycles. The van der Waals surface area contributed by atoms with E-state index in [1.54, 1.807) is 0 Å². The molecule has 0 aromatic rings. The lowest BCUT2D eigenvalue weighted by atomic mass is 10.4. The zero-order valence-corrected chi connectivity index (χ0v) is 12.9. The summed E-state index contributed by atoms with van der Waals surface area (Å²) in [6.07, 6.45) is 2.77. The average molecular weight is 307 g/mol. The Balaban J connectivity index is 0. The van der Waals surface area contributed by atoms with Crippen LogP contribution < -0.4 is 35.4 Å². The van der Waals surface area contributed by atoms with Crippen LogP contribution in [0.5, 0.6) is 0 Å². The van der Waals surface area contributed by atoms with E-state index in [4.69, 9.17) is 0 Å². The molecule has 1 rings (SSSR count). The van der Waals surface area contributed by atoms with Gasteiger partial charge in [-0.15, -0.1) is 0 Å². The minimum absolute atomic E-state index is 0. The Bertz CT molecular complexity index is 78.1. The summed E-state index contributed by atoms with van der Waals surface area (Å²) in [5.41, 5.74) is 0. The van der Waals surface area contributed by atoms with Crippen molar-refractivity contribution in [3.8, 4) is 0 Å². The van der Waals surface area contributed by atoms with Gasteiger partial charge in [-0.25, -0.2) is 0 Å². The van der Waals surface area contributed by atoms with Crippen molar-refractivity contribution in [2.24, 2.45) is 0 Å². The number of nitrogens with two attached hydrogens (primary N) is 2. The van der Waals surface area contributed by atoms with Gasteiger partial charge in [0.05, 0.1) is 26.2 Å². The molecular formula is C10H24Cl2N2S2. The summed E-state index contributed by atoms with van der Waals surface area (Å²) in [5.74, 6) is 5.41. The first-order chi connectivity index (χ1) is 7.00. The van der Waals surface area contributed by atoms with E-state index in [9.17, 15) is 0 Å². The molecule has 0 radical (unpaired) electrons. The molecule has 0 amide bonds. The van der Waals surface area contributed by atoms with Crippen molar-refractivity contribution in [1.29, 1.82) is 0 Å². The Hall–Kier alpha value is 1.20. The molecule has 0 aromatic carbocycles. The van der Waals surface area contributed by atoms with Gasteiger partial charge in [-0.2, -0.15) is 23.5 Å². The van der Waals surface area contributed by atoms with Gasteiger partial charge in [0.25, 0.3) is 0 Å². The summed E-state index contributed by atoms with van der Waals surface area (Å²) in [7, 11) is 0. The molecule has 16 heavy (non-hydrogen) atoms. The maximum absolute atomic E-state index is 2.47. The molecule has 1 saturated heterocycles. The lowest BCUT2D eigenvalue weighted by Gasteiger charge is -2.05. The molecule has 0 unspecified atom stereocenters. The molecule has 6 heteroatoms. The molecule has 1 fully saturated rings. The van der Waals surface area contributed by atoms with E-state index < -0.39 is 0 Å². The monoisotopic (exact) mass is 306 g/mol. The zero-order chi connectivity index (χ0) is 9.90. The van der Waals surface area contributed by atoms with Crippen LogP contribution in [0.4, 0.5) is 0 Å². The second kappa shape index (κ2) is 16.2. The highest BCUT2D eigenvalue weighted by Gasteiger charge is 1.98. The van der Waals surface area contributed by atoms with E-state index in [0.29, 0.717) is 0 Å². The summed E-state index contributed by atoms with van der Waals surface area (Å²) in [4.78, 5) is 0.